The van der Waals surface area contributed by atoms with E-state index in [9.17, 15) is 4.79 Å². The van der Waals surface area contributed by atoms with E-state index in [1.54, 1.807) is 17.8 Å². The predicted octanol–water partition coefficient (Wildman–Crippen LogP) is 3.52. The van der Waals surface area contributed by atoms with Crippen molar-refractivity contribution in [3.05, 3.63) is 53.6 Å². The van der Waals surface area contributed by atoms with Crippen LogP contribution in [-0.2, 0) is 4.74 Å². The molecule has 0 aromatic heterocycles. The van der Waals surface area contributed by atoms with Gasteiger partial charge < -0.3 is 10.5 Å². The van der Waals surface area contributed by atoms with Gasteiger partial charge in [-0.2, -0.15) is 0 Å². The molecule has 0 heterocycles. The first-order valence-corrected chi connectivity index (χ1v) is 6.65. The molecule has 2 aromatic carbocycles. The molecule has 0 aliphatic rings. The first-order valence-electron chi connectivity index (χ1n) is 5.83. The standard InChI is InChI=1S/C15H15NO2S/c1-10-8-12(19-11-6-4-3-5-7-11)9-13(14(10)16)15(17)18-2/h3-9H,16H2,1-2H3. The molecule has 0 radical (unpaired) electrons. The van der Waals surface area contributed by atoms with Crippen LogP contribution < -0.4 is 5.73 Å². The molecule has 98 valence electrons. The summed E-state index contributed by atoms with van der Waals surface area (Å²) < 4.78 is 4.75. The summed E-state index contributed by atoms with van der Waals surface area (Å²) in [7, 11) is 1.36. The summed E-state index contributed by atoms with van der Waals surface area (Å²) in [6.45, 7) is 1.89. The number of rotatable bonds is 3. The molecular weight excluding hydrogens is 258 g/mol. The van der Waals surface area contributed by atoms with Crippen LogP contribution in [0, 0.1) is 6.92 Å². The van der Waals surface area contributed by atoms with E-state index in [-0.39, 0.29) is 0 Å². The lowest BCUT2D eigenvalue weighted by Crippen LogP contribution is -2.07. The zero-order valence-electron chi connectivity index (χ0n) is 10.8. The minimum Gasteiger partial charge on any atom is -0.465 e. The van der Waals surface area contributed by atoms with Crippen molar-refractivity contribution in [2.24, 2.45) is 0 Å². The SMILES string of the molecule is COC(=O)c1cc(Sc2ccccc2)cc(C)c1N. The van der Waals surface area contributed by atoms with Crippen LogP contribution in [0.3, 0.4) is 0 Å². The van der Waals surface area contributed by atoms with Gasteiger partial charge in [-0.25, -0.2) is 4.79 Å². The van der Waals surface area contributed by atoms with Gasteiger partial charge in [-0.1, -0.05) is 30.0 Å². The molecule has 19 heavy (non-hydrogen) atoms. The summed E-state index contributed by atoms with van der Waals surface area (Å²) in [4.78, 5) is 13.8. The largest absolute Gasteiger partial charge is 0.465 e. The van der Waals surface area contributed by atoms with E-state index in [0.29, 0.717) is 11.3 Å². The highest BCUT2D eigenvalue weighted by atomic mass is 32.2. The maximum absolute atomic E-state index is 11.7. The van der Waals surface area contributed by atoms with Crippen molar-refractivity contribution in [2.75, 3.05) is 12.8 Å². The van der Waals surface area contributed by atoms with Crippen molar-refractivity contribution in [1.82, 2.24) is 0 Å². The molecule has 0 amide bonds. The average molecular weight is 273 g/mol. The number of hydrogen-bond donors (Lipinski definition) is 1. The molecule has 0 aliphatic carbocycles. The van der Waals surface area contributed by atoms with Crippen LogP contribution in [0.4, 0.5) is 5.69 Å². The monoisotopic (exact) mass is 273 g/mol. The Bertz CT molecular complexity index is 597. The molecule has 0 unspecified atom stereocenters. The van der Waals surface area contributed by atoms with E-state index in [2.05, 4.69) is 0 Å². The molecule has 2 N–H and O–H groups in total. The van der Waals surface area contributed by atoms with Gasteiger partial charge >= 0.3 is 5.97 Å². The minimum atomic E-state index is -0.406. The lowest BCUT2D eigenvalue weighted by molar-refractivity contribution is 0.0601. The van der Waals surface area contributed by atoms with Crippen molar-refractivity contribution in [1.29, 1.82) is 0 Å². The third-order valence-electron chi connectivity index (χ3n) is 2.74. The number of esters is 1. The number of anilines is 1. The van der Waals surface area contributed by atoms with Gasteiger partial charge in [0.25, 0.3) is 0 Å². The highest BCUT2D eigenvalue weighted by Gasteiger charge is 2.13. The Morgan fingerprint density at radius 2 is 1.84 bits per heavy atom. The van der Waals surface area contributed by atoms with E-state index in [1.807, 2.05) is 43.3 Å². The quantitative estimate of drug-likeness (QED) is 0.686. The molecular formula is C15H15NO2S. The minimum absolute atomic E-state index is 0.406. The Kier molecular flexibility index (Phi) is 4.12. The van der Waals surface area contributed by atoms with Crippen LogP contribution >= 0.6 is 11.8 Å². The second kappa shape index (κ2) is 5.80. The number of carbonyl (C=O) groups excluding carboxylic acids is 1. The predicted molar refractivity (Wildman–Crippen MR) is 77.5 cm³/mol. The maximum atomic E-state index is 11.7. The van der Waals surface area contributed by atoms with Crippen LogP contribution in [-0.4, -0.2) is 13.1 Å². The Morgan fingerprint density at radius 3 is 2.47 bits per heavy atom. The topological polar surface area (TPSA) is 52.3 Å². The third kappa shape index (κ3) is 3.09. The van der Waals surface area contributed by atoms with Crippen LogP contribution in [0.5, 0.6) is 0 Å². The lowest BCUT2D eigenvalue weighted by Gasteiger charge is -2.10. The number of benzene rings is 2. The molecule has 0 aliphatic heterocycles. The Labute approximate surface area is 116 Å². The number of ether oxygens (including phenoxy) is 1. The normalized spacial score (nSPS) is 10.2. The summed E-state index contributed by atoms with van der Waals surface area (Å²) >= 11 is 1.59. The Morgan fingerprint density at radius 1 is 1.16 bits per heavy atom. The van der Waals surface area contributed by atoms with Gasteiger partial charge in [0, 0.05) is 15.5 Å². The molecule has 0 bridgehead atoms. The second-order valence-corrected chi connectivity index (χ2v) is 5.26. The van der Waals surface area contributed by atoms with Crippen LogP contribution in [0.15, 0.2) is 52.3 Å². The number of nitrogen functional groups attached to an aromatic ring is 1. The molecule has 0 fully saturated rings. The Balaban J connectivity index is 2.37. The molecule has 4 heteroatoms. The van der Waals surface area contributed by atoms with Gasteiger partial charge in [-0.15, -0.1) is 0 Å². The fraction of sp³-hybridized carbons (Fsp3) is 0.133. The summed E-state index contributed by atoms with van der Waals surface area (Å²) in [5, 5.41) is 0. The molecule has 0 spiro atoms. The van der Waals surface area contributed by atoms with Crippen molar-refractivity contribution in [3.8, 4) is 0 Å². The van der Waals surface area contributed by atoms with E-state index < -0.39 is 5.97 Å². The number of hydrogen-bond acceptors (Lipinski definition) is 4. The van der Waals surface area contributed by atoms with Crippen molar-refractivity contribution < 1.29 is 9.53 Å². The van der Waals surface area contributed by atoms with E-state index in [1.165, 1.54) is 7.11 Å². The van der Waals surface area contributed by atoms with Gasteiger partial charge in [0.05, 0.1) is 12.7 Å². The number of methoxy groups -OCH3 is 1. The van der Waals surface area contributed by atoms with E-state index in [4.69, 9.17) is 10.5 Å². The van der Waals surface area contributed by atoms with E-state index in [0.717, 1.165) is 15.4 Å². The third-order valence-corrected chi connectivity index (χ3v) is 3.72. The van der Waals surface area contributed by atoms with Gasteiger partial charge in [-0.05, 0) is 36.8 Å². The fourth-order valence-electron chi connectivity index (χ4n) is 1.73. The molecule has 2 rings (SSSR count). The van der Waals surface area contributed by atoms with Gasteiger partial charge in [0.1, 0.15) is 0 Å². The van der Waals surface area contributed by atoms with Crippen molar-refractivity contribution in [3.63, 3.8) is 0 Å². The smallest absolute Gasteiger partial charge is 0.340 e. The molecule has 0 atom stereocenters. The van der Waals surface area contributed by atoms with Gasteiger partial charge in [0.2, 0.25) is 0 Å². The zero-order valence-corrected chi connectivity index (χ0v) is 11.7. The molecule has 3 nitrogen and oxygen atoms in total. The van der Waals surface area contributed by atoms with E-state index >= 15 is 0 Å². The first-order chi connectivity index (χ1) is 9.11. The highest BCUT2D eigenvalue weighted by molar-refractivity contribution is 7.99. The summed E-state index contributed by atoms with van der Waals surface area (Å²) in [5.74, 6) is -0.406. The number of nitrogens with two attached hydrogens (primary N) is 1. The fourth-order valence-corrected chi connectivity index (χ4v) is 2.71. The van der Waals surface area contributed by atoms with Crippen LogP contribution in [0.2, 0.25) is 0 Å². The number of carbonyl (C=O) groups is 1. The first kappa shape index (κ1) is 13.5. The summed E-state index contributed by atoms with van der Waals surface area (Å²) in [6, 6.07) is 13.7. The molecule has 0 saturated heterocycles. The van der Waals surface area contributed by atoms with Gasteiger partial charge in [-0.3, -0.25) is 0 Å². The maximum Gasteiger partial charge on any atom is 0.340 e. The molecule has 0 saturated carbocycles. The van der Waals surface area contributed by atoms with Crippen LogP contribution in [0.25, 0.3) is 0 Å². The van der Waals surface area contributed by atoms with Crippen molar-refractivity contribution in [2.45, 2.75) is 16.7 Å². The highest BCUT2D eigenvalue weighted by Crippen LogP contribution is 2.31. The van der Waals surface area contributed by atoms with Gasteiger partial charge in [0.15, 0.2) is 0 Å². The summed E-state index contributed by atoms with van der Waals surface area (Å²) in [5.41, 5.74) is 7.68. The average Bonchev–Trinajstić information content (AvgIpc) is 2.43. The lowest BCUT2D eigenvalue weighted by atomic mass is 10.1. The summed E-state index contributed by atoms with van der Waals surface area (Å²) in [6.07, 6.45) is 0. The molecule has 2 aromatic rings. The van der Waals surface area contributed by atoms with Crippen molar-refractivity contribution >= 4 is 23.4 Å². The Hall–Kier alpha value is -1.94. The number of aryl methyl sites for hydroxylation is 1. The second-order valence-electron chi connectivity index (χ2n) is 4.11. The zero-order chi connectivity index (χ0) is 13.8. The van der Waals surface area contributed by atoms with Crippen LogP contribution in [0.1, 0.15) is 15.9 Å².